The molecule has 1 N–H and O–H groups in total. The number of amides is 1. The van der Waals surface area contributed by atoms with Crippen LogP contribution >= 0.6 is 11.6 Å². The van der Waals surface area contributed by atoms with E-state index >= 15 is 0 Å². The van der Waals surface area contributed by atoms with Gasteiger partial charge in [-0.05, 0) is 19.1 Å². The van der Waals surface area contributed by atoms with Gasteiger partial charge in [0.15, 0.2) is 6.10 Å². The van der Waals surface area contributed by atoms with E-state index in [1.54, 1.807) is 24.3 Å². The van der Waals surface area contributed by atoms with Crippen LogP contribution in [0.5, 0.6) is 5.75 Å². The first-order chi connectivity index (χ1) is 9.45. The maximum absolute atomic E-state index is 12.4. The van der Waals surface area contributed by atoms with Gasteiger partial charge in [0.25, 0.3) is 12.3 Å². The summed E-state index contributed by atoms with van der Waals surface area (Å²) in [5.74, 6) is -0.324. The van der Waals surface area contributed by atoms with Crippen LogP contribution in [0, 0.1) is 0 Å². The van der Waals surface area contributed by atoms with Crippen molar-refractivity contribution >= 4 is 17.5 Å². The highest BCUT2D eigenvalue weighted by molar-refractivity contribution is 6.32. The Labute approximate surface area is 120 Å². The molecule has 20 heavy (non-hydrogen) atoms. The summed E-state index contributed by atoms with van der Waals surface area (Å²) >= 11 is 5.89. The maximum Gasteiger partial charge on any atom is 0.263 e. The van der Waals surface area contributed by atoms with E-state index in [1.165, 1.54) is 6.92 Å². The molecule has 0 fully saturated rings. The molecule has 0 aliphatic carbocycles. The molecule has 1 rings (SSSR count). The van der Waals surface area contributed by atoms with E-state index in [2.05, 4.69) is 0 Å². The van der Waals surface area contributed by atoms with Gasteiger partial charge in [-0.3, -0.25) is 4.79 Å². The van der Waals surface area contributed by atoms with Crippen molar-refractivity contribution in [1.29, 1.82) is 0 Å². The number of ether oxygens (including phenoxy) is 1. The van der Waals surface area contributed by atoms with Gasteiger partial charge in [0, 0.05) is 6.54 Å². The number of benzene rings is 1. The fraction of sp³-hybridized carbons (Fsp3) is 0.462. The highest BCUT2D eigenvalue weighted by Gasteiger charge is 2.24. The second-order valence-electron chi connectivity index (χ2n) is 4.09. The number of hydrogen-bond acceptors (Lipinski definition) is 3. The van der Waals surface area contributed by atoms with Gasteiger partial charge in [0.1, 0.15) is 5.75 Å². The average molecular weight is 308 g/mol. The number of hydrogen-bond donors (Lipinski definition) is 1. The second kappa shape index (κ2) is 8.01. The first-order valence-corrected chi connectivity index (χ1v) is 6.42. The lowest BCUT2D eigenvalue weighted by Gasteiger charge is -2.25. The number of aliphatic hydroxyl groups excluding tert-OH is 1. The van der Waals surface area contributed by atoms with Gasteiger partial charge in [-0.15, -0.1) is 0 Å². The monoisotopic (exact) mass is 307 g/mol. The predicted octanol–water partition coefficient (Wildman–Crippen LogP) is 2.19. The van der Waals surface area contributed by atoms with E-state index in [1.807, 2.05) is 0 Å². The van der Waals surface area contributed by atoms with Crippen LogP contribution in [0.4, 0.5) is 8.78 Å². The zero-order chi connectivity index (χ0) is 15.1. The maximum atomic E-state index is 12.4. The van der Waals surface area contributed by atoms with Gasteiger partial charge in [0.05, 0.1) is 18.2 Å². The topological polar surface area (TPSA) is 49.8 Å². The van der Waals surface area contributed by atoms with E-state index in [4.69, 9.17) is 21.4 Å². The Morgan fingerprint density at radius 3 is 2.65 bits per heavy atom. The summed E-state index contributed by atoms with van der Waals surface area (Å²) in [5.41, 5.74) is 0. The van der Waals surface area contributed by atoms with Gasteiger partial charge in [0.2, 0.25) is 0 Å². The molecule has 4 nitrogen and oxygen atoms in total. The number of carbonyl (C=O) groups excluding carboxylic acids is 1. The Kier molecular flexibility index (Phi) is 6.67. The summed E-state index contributed by atoms with van der Waals surface area (Å²) in [4.78, 5) is 12.9. The van der Waals surface area contributed by atoms with Gasteiger partial charge in [-0.25, -0.2) is 8.78 Å². The predicted molar refractivity (Wildman–Crippen MR) is 71.2 cm³/mol. The minimum Gasteiger partial charge on any atom is -0.479 e. The highest BCUT2D eigenvalue weighted by Crippen LogP contribution is 2.24. The lowest BCUT2D eigenvalue weighted by Crippen LogP contribution is -2.44. The molecule has 0 spiro atoms. The number of aliphatic hydroxyl groups is 1. The Morgan fingerprint density at radius 1 is 1.45 bits per heavy atom. The van der Waals surface area contributed by atoms with Crippen molar-refractivity contribution < 1.29 is 23.4 Å². The quantitative estimate of drug-likeness (QED) is 0.840. The molecule has 1 unspecified atom stereocenters. The van der Waals surface area contributed by atoms with Crippen LogP contribution in [0.3, 0.4) is 0 Å². The second-order valence-corrected chi connectivity index (χ2v) is 4.50. The third-order valence-electron chi connectivity index (χ3n) is 2.53. The number of carbonyl (C=O) groups is 1. The molecule has 1 amide bonds. The lowest BCUT2D eigenvalue weighted by molar-refractivity contribution is -0.140. The number of para-hydroxylation sites is 1. The van der Waals surface area contributed by atoms with Crippen LogP contribution in [-0.2, 0) is 4.79 Å². The standard InChI is InChI=1S/C13H16ClF2NO3/c1-9(20-11-5-3-2-4-10(11)14)13(19)17(6-7-18)8-12(15)16/h2-5,9,12,18H,6-8H2,1H3. The van der Waals surface area contributed by atoms with E-state index < -0.39 is 31.6 Å². The molecule has 0 aromatic heterocycles. The van der Waals surface area contributed by atoms with E-state index in [9.17, 15) is 13.6 Å². The van der Waals surface area contributed by atoms with Crippen molar-refractivity contribution in [2.24, 2.45) is 0 Å². The van der Waals surface area contributed by atoms with Crippen molar-refractivity contribution in [3.63, 3.8) is 0 Å². The summed E-state index contributed by atoms with van der Waals surface area (Å²) in [7, 11) is 0. The summed E-state index contributed by atoms with van der Waals surface area (Å²) in [6.07, 6.45) is -3.64. The van der Waals surface area contributed by atoms with Crippen LogP contribution in [-0.4, -0.2) is 48.1 Å². The first kappa shape index (κ1) is 16.7. The Morgan fingerprint density at radius 2 is 2.10 bits per heavy atom. The third-order valence-corrected chi connectivity index (χ3v) is 2.84. The minimum absolute atomic E-state index is 0.167. The van der Waals surface area contributed by atoms with Crippen molar-refractivity contribution in [3.05, 3.63) is 29.3 Å². The molecule has 0 radical (unpaired) electrons. The molecule has 112 valence electrons. The first-order valence-electron chi connectivity index (χ1n) is 6.04. The Bertz CT molecular complexity index is 445. The third kappa shape index (κ3) is 4.94. The molecule has 1 atom stereocenters. The van der Waals surface area contributed by atoms with Crippen LogP contribution in [0.1, 0.15) is 6.92 Å². The van der Waals surface area contributed by atoms with Gasteiger partial charge in [-0.1, -0.05) is 23.7 Å². The molecule has 0 saturated carbocycles. The average Bonchev–Trinajstić information content (AvgIpc) is 2.39. The van der Waals surface area contributed by atoms with Crippen molar-refractivity contribution in [3.8, 4) is 5.75 Å². The SMILES string of the molecule is CC(Oc1ccccc1Cl)C(=O)N(CCO)CC(F)F. The summed E-state index contributed by atoms with van der Waals surface area (Å²) in [6.45, 7) is 0.147. The van der Waals surface area contributed by atoms with Gasteiger partial charge >= 0.3 is 0 Å². The van der Waals surface area contributed by atoms with Crippen LogP contribution in [0.25, 0.3) is 0 Å². The summed E-state index contributed by atoms with van der Waals surface area (Å²) in [5, 5.41) is 9.14. The molecule has 7 heteroatoms. The lowest BCUT2D eigenvalue weighted by atomic mass is 10.3. The van der Waals surface area contributed by atoms with Crippen LogP contribution < -0.4 is 4.74 Å². The number of alkyl halides is 2. The molecule has 0 heterocycles. The molecular weight excluding hydrogens is 292 g/mol. The van der Waals surface area contributed by atoms with Crippen molar-refractivity contribution in [1.82, 2.24) is 4.90 Å². The summed E-state index contributed by atoms with van der Waals surface area (Å²) < 4.78 is 30.1. The molecule has 0 aliphatic heterocycles. The fourth-order valence-corrected chi connectivity index (χ4v) is 1.80. The smallest absolute Gasteiger partial charge is 0.263 e. The Hall–Kier alpha value is -1.40. The van der Waals surface area contributed by atoms with E-state index in [-0.39, 0.29) is 6.54 Å². The van der Waals surface area contributed by atoms with Crippen molar-refractivity contribution in [2.75, 3.05) is 19.7 Å². The number of rotatable bonds is 7. The van der Waals surface area contributed by atoms with E-state index in [0.717, 1.165) is 4.90 Å². The zero-order valence-electron chi connectivity index (χ0n) is 10.9. The molecule has 1 aromatic carbocycles. The molecule has 1 aromatic rings. The minimum atomic E-state index is -2.67. The van der Waals surface area contributed by atoms with Gasteiger partial charge < -0.3 is 14.7 Å². The molecule has 0 bridgehead atoms. The number of halogens is 3. The molecule has 0 aliphatic rings. The zero-order valence-corrected chi connectivity index (χ0v) is 11.7. The largest absolute Gasteiger partial charge is 0.479 e. The van der Waals surface area contributed by atoms with Crippen LogP contribution in [0.2, 0.25) is 5.02 Å². The molecular formula is C13H16ClF2NO3. The van der Waals surface area contributed by atoms with Crippen LogP contribution in [0.15, 0.2) is 24.3 Å². The Balaban J connectivity index is 2.71. The number of nitrogens with zero attached hydrogens (tertiary/aromatic N) is 1. The van der Waals surface area contributed by atoms with Crippen molar-refractivity contribution in [2.45, 2.75) is 19.5 Å². The van der Waals surface area contributed by atoms with Gasteiger partial charge in [-0.2, -0.15) is 0 Å². The summed E-state index contributed by atoms with van der Waals surface area (Å²) in [6, 6.07) is 6.56. The normalized spacial score (nSPS) is 12.3. The van der Waals surface area contributed by atoms with E-state index in [0.29, 0.717) is 10.8 Å². The fourth-order valence-electron chi connectivity index (χ4n) is 1.62. The highest BCUT2D eigenvalue weighted by atomic mass is 35.5. The molecule has 0 saturated heterocycles.